The molecule has 0 aliphatic carbocycles. The SMILES string of the molecule is c1ccc(-c2nc(-c3ccc4c(c3)oc3cc(-n5c6cc7ccccc7cc6c6cc7ccccc7cc65)c5ccccc5c34)nc(-c3ccc4ccc5ccccc5c4c3)n2)cc1. The van der Waals surface area contributed by atoms with Crippen LogP contribution in [-0.2, 0) is 0 Å². The van der Waals surface area contributed by atoms with Crippen LogP contribution < -0.4 is 0 Å². The van der Waals surface area contributed by atoms with Crippen LogP contribution >= 0.6 is 0 Å². The summed E-state index contributed by atoms with van der Waals surface area (Å²) in [5.74, 6) is 1.82. The van der Waals surface area contributed by atoms with E-state index in [9.17, 15) is 0 Å². The van der Waals surface area contributed by atoms with Gasteiger partial charge >= 0.3 is 0 Å². The van der Waals surface area contributed by atoms with Gasteiger partial charge in [0.1, 0.15) is 11.2 Å². The molecule has 14 rings (SSSR count). The third-order valence-electron chi connectivity index (χ3n) is 13.1. The van der Waals surface area contributed by atoms with Gasteiger partial charge in [-0.2, -0.15) is 0 Å². The Morgan fingerprint density at radius 3 is 1.47 bits per heavy atom. The molecule has 296 valence electrons. The van der Waals surface area contributed by atoms with Gasteiger partial charge in [0.2, 0.25) is 0 Å². The van der Waals surface area contributed by atoms with Crippen LogP contribution in [0.2, 0.25) is 0 Å². The van der Waals surface area contributed by atoms with Gasteiger partial charge in [-0.25, -0.2) is 15.0 Å². The van der Waals surface area contributed by atoms with E-state index >= 15 is 0 Å². The third kappa shape index (κ3) is 5.28. The van der Waals surface area contributed by atoms with Crippen molar-refractivity contribution in [3.05, 3.63) is 206 Å². The Kier molecular flexibility index (Phi) is 7.33. The zero-order valence-electron chi connectivity index (χ0n) is 34.3. The number of aromatic nitrogens is 4. The highest BCUT2D eigenvalue weighted by atomic mass is 16.3. The summed E-state index contributed by atoms with van der Waals surface area (Å²) in [6.07, 6.45) is 0. The van der Waals surface area contributed by atoms with Crippen molar-refractivity contribution in [2.75, 3.05) is 0 Å². The molecule has 0 atom stereocenters. The van der Waals surface area contributed by atoms with Gasteiger partial charge in [0, 0.05) is 49.7 Å². The molecule has 14 aromatic rings. The minimum Gasteiger partial charge on any atom is -0.456 e. The first-order chi connectivity index (χ1) is 31.7. The van der Waals surface area contributed by atoms with E-state index in [2.05, 4.69) is 180 Å². The summed E-state index contributed by atoms with van der Waals surface area (Å²) >= 11 is 0. The van der Waals surface area contributed by atoms with Crippen LogP contribution in [0.3, 0.4) is 0 Å². The van der Waals surface area contributed by atoms with E-state index in [4.69, 9.17) is 19.4 Å². The molecule has 0 fully saturated rings. The zero-order valence-corrected chi connectivity index (χ0v) is 34.3. The standard InChI is InChI=1S/C59H34N4O/c1-2-13-37(14-3-1)57-60-58(42-25-24-36-23-22-35-12-8-9-19-44(35)48(36)30-42)62-59(61-57)43-26-27-47-54(33-43)64-55-34-53(45-20-10-11-21-46(45)56(47)55)63-51-31-40-17-6-4-15-38(40)28-49(51)50-29-39-16-5-7-18-41(39)32-52(50)63/h1-34H. The molecule has 5 nitrogen and oxygen atoms in total. The fraction of sp³-hybridized carbons (Fsp3) is 0. The Labute approximate surface area is 366 Å². The van der Waals surface area contributed by atoms with Gasteiger partial charge in [-0.15, -0.1) is 0 Å². The van der Waals surface area contributed by atoms with Crippen molar-refractivity contribution in [3.8, 4) is 39.9 Å². The summed E-state index contributed by atoms with van der Waals surface area (Å²) in [6.45, 7) is 0. The van der Waals surface area contributed by atoms with Crippen LogP contribution in [-0.4, -0.2) is 19.5 Å². The van der Waals surface area contributed by atoms with E-state index in [0.29, 0.717) is 17.5 Å². The van der Waals surface area contributed by atoms with Crippen molar-refractivity contribution < 1.29 is 4.42 Å². The lowest BCUT2D eigenvalue weighted by Crippen LogP contribution is -2.00. The maximum Gasteiger partial charge on any atom is 0.164 e. The van der Waals surface area contributed by atoms with Gasteiger partial charge in [0.15, 0.2) is 17.5 Å². The number of rotatable bonds is 4. The van der Waals surface area contributed by atoms with Crippen LogP contribution in [0, 0.1) is 0 Å². The molecule has 0 unspecified atom stereocenters. The van der Waals surface area contributed by atoms with E-state index in [1.807, 2.05) is 30.3 Å². The lowest BCUT2D eigenvalue weighted by atomic mass is 9.99. The smallest absolute Gasteiger partial charge is 0.164 e. The van der Waals surface area contributed by atoms with Gasteiger partial charge < -0.3 is 8.98 Å². The number of fused-ring (bicyclic) bond motifs is 13. The van der Waals surface area contributed by atoms with Crippen molar-refractivity contribution >= 4 is 97.6 Å². The first-order valence-electron chi connectivity index (χ1n) is 21.7. The molecule has 0 bridgehead atoms. The van der Waals surface area contributed by atoms with Crippen molar-refractivity contribution in [1.82, 2.24) is 19.5 Å². The molecule has 0 saturated heterocycles. The Balaban J connectivity index is 0.984. The molecule has 0 aliphatic heterocycles. The van der Waals surface area contributed by atoms with Gasteiger partial charge in [0.05, 0.1) is 16.7 Å². The van der Waals surface area contributed by atoms with Crippen LogP contribution in [0.4, 0.5) is 0 Å². The topological polar surface area (TPSA) is 56.7 Å². The van der Waals surface area contributed by atoms with Crippen LogP contribution in [0.15, 0.2) is 211 Å². The van der Waals surface area contributed by atoms with Crippen molar-refractivity contribution in [2.24, 2.45) is 0 Å². The highest BCUT2D eigenvalue weighted by Gasteiger charge is 2.21. The summed E-state index contributed by atoms with van der Waals surface area (Å²) < 4.78 is 9.40. The average Bonchev–Trinajstić information content (AvgIpc) is 3.88. The predicted octanol–water partition coefficient (Wildman–Crippen LogP) is 15.6. The molecular weight excluding hydrogens is 781 g/mol. The number of furan rings is 1. The second-order valence-corrected chi connectivity index (χ2v) is 16.8. The normalized spacial score (nSPS) is 12.1. The Hall–Kier alpha value is -8.67. The molecule has 0 spiro atoms. The lowest BCUT2D eigenvalue weighted by Gasteiger charge is -2.13. The molecule has 0 aliphatic rings. The molecule has 0 saturated carbocycles. The van der Waals surface area contributed by atoms with Crippen molar-refractivity contribution in [1.29, 1.82) is 0 Å². The Morgan fingerprint density at radius 1 is 0.297 bits per heavy atom. The average molecular weight is 815 g/mol. The fourth-order valence-electron chi connectivity index (χ4n) is 10.1. The highest BCUT2D eigenvalue weighted by molar-refractivity contribution is 6.23. The summed E-state index contributed by atoms with van der Waals surface area (Å²) in [6, 6.07) is 73.4. The van der Waals surface area contributed by atoms with E-state index in [1.165, 1.54) is 48.5 Å². The quantitative estimate of drug-likeness (QED) is 0.166. The molecule has 11 aromatic carbocycles. The first kappa shape index (κ1) is 35.0. The van der Waals surface area contributed by atoms with Gasteiger partial charge in [0.25, 0.3) is 0 Å². The Morgan fingerprint density at radius 2 is 0.797 bits per heavy atom. The molecule has 3 aromatic heterocycles. The van der Waals surface area contributed by atoms with E-state index < -0.39 is 0 Å². The maximum absolute atomic E-state index is 6.96. The summed E-state index contributed by atoms with van der Waals surface area (Å²) in [5.41, 5.74) is 7.69. The van der Waals surface area contributed by atoms with Gasteiger partial charge in [-0.1, -0.05) is 158 Å². The third-order valence-corrected chi connectivity index (χ3v) is 13.1. The van der Waals surface area contributed by atoms with Crippen molar-refractivity contribution in [3.63, 3.8) is 0 Å². The second-order valence-electron chi connectivity index (χ2n) is 16.8. The minimum absolute atomic E-state index is 0.583. The molecular formula is C59H34N4O. The molecule has 5 heteroatoms. The maximum atomic E-state index is 6.96. The number of hydrogen-bond acceptors (Lipinski definition) is 4. The van der Waals surface area contributed by atoms with E-state index in [-0.39, 0.29) is 0 Å². The molecule has 3 heterocycles. The minimum atomic E-state index is 0.583. The number of benzene rings is 11. The molecule has 64 heavy (non-hydrogen) atoms. The first-order valence-corrected chi connectivity index (χ1v) is 21.7. The molecule has 0 amide bonds. The van der Waals surface area contributed by atoms with Crippen LogP contribution in [0.25, 0.3) is 137 Å². The summed E-state index contributed by atoms with van der Waals surface area (Å²) in [4.78, 5) is 15.4. The van der Waals surface area contributed by atoms with Gasteiger partial charge in [-0.3, -0.25) is 0 Å². The van der Waals surface area contributed by atoms with Crippen LogP contribution in [0.1, 0.15) is 0 Å². The molecule has 0 N–H and O–H groups in total. The number of nitrogens with zero attached hydrogens (tertiary/aromatic N) is 4. The predicted molar refractivity (Wildman–Crippen MR) is 265 cm³/mol. The summed E-state index contributed by atoms with van der Waals surface area (Å²) in [5, 5.41) is 16.5. The van der Waals surface area contributed by atoms with Crippen molar-refractivity contribution in [2.45, 2.75) is 0 Å². The van der Waals surface area contributed by atoms with E-state index in [0.717, 1.165) is 71.5 Å². The van der Waals surface area contributed by atoms with Gasteiger partial charge in [-0.05, 0) is 90.9 Å². The Bertz CT molecular complexity index is 4170. The second kappa shape index (κ2) is 13.4. The molecule has 0 radical (unpaired) electrons. The zero-order chi connectivity index (χ0) is 41.9. The van der Waals surface area contributed by atoms with Crippen LogP contribution in [0.5, 0.6) is 0 Å². The largest absolute Gasteiger partial charge is 0.456 e. The summed E-state index contributed by atoms with van der Waals surface area (Å²) in [7, 11) is 0. The monoisotopic (exact) mass is 814 g/mol. The lowest BCUT2D eigenvalue weighted by molar-refractivity contribution is 0.669. The highest BCUT2D eigenvalue weighted by Crippen LogP contribution is 2.43. The fourth-order valence-corrected chi connectivity index (χ4v) is 10.1. The van der Waals surface area contributed by atoms with E-state index in [1.54, 1.807) is 0 Å². The number of hydrogen-bond donors (Lipinski definition) is 0.